The van der Waals surface area contributed by atoms with Gasteiger partial charge in [-0.3, -0.25) is 0 Å². The largest absolute Gasteiger partial charge is 0.322 e. The fourth-order valence-electron chi connectivity index (χ4n) is 5.70. The standard InChI is InChI=1S/C36H75O2PS2/c1-3-5-7-9-11-13-15-17-19-21-23-25-27-29-31-33-35-37-39(40,41)38-36-34-32-30-28-26-24-22-20-18-16-14-12-10-8-6-4-2/h3-36H2,1-2H3,(H,40,41). The molecule has 0 aromatic heterocycles. The van der Waals surface area contributed by atoms with Crippen LogP contribution >= 0.6 is 17.9 Å². The average Bonchev–Trinajstić information content (AvgIpc) is 2.96. The average molecular weight is 635 g/mol. The van der Waals surface area contributed by atoms with Crippen LogP contribution in [0.2, 0.25) is 0 Å². The van der Waals surface area contributed by atoms with E-state index in [2.05, 4.69) is 26.1 Å². The summed E-state index contributed by atoms with van der Waals surface area (Å²) in [5, 5.41) is 0. The van der Waals surface area contributed by atoms with E-state index in [0.717, 1.165) is 12.8 Å². The molecular weight excluding hydrogens is 560 g/mol. The Morgan fingerprint density at radius 1 is 0.341 bits per heavy atom. The Hall–Kier alpha value is 0.920. The van der Waals surface area contributed by atoms with Gasteiger partial charge in [-0.05, 0) is 24.6 Å². The molecule has 0 heterocycles. The van der Waals surface area contributed by atoms with Gasteiger partial charge < -0.3 is 9.05 Å². The van der Waals surface area contributed by atoms with Crippen LogP contribution in [-0.4, -0.2) is 13.2 Å². The predicted molar refractivity (Wildman–Crippen MR) is 194 cm³/mol. The van der Waals surface area contributed by atoms with Crippen molar-refractivity contribution in [2.24, 2.45) is 0 Å². The zero-order chi connectivity index (χ0) is 30.0. The molecule has 248 valence electrons. The summed E-state index contributed by atoms with van der Waals surface area (Å²) in [5.41, 5.74) is -2.34. The van der Waals surface area contributed by atoms with Crippen molar-refractivity contribution in [3.8, 4) is 0 Å². The third-order valence-electron chi connectivity index (χ3n) is 8.50. The van der Waals surface area contributed by atoms with Crippen molar-refractivity contribution in [3.05, 3.63) is 0 Å². The van der Waals surface area contributed by atoms with Gasteiger partial charge in [-0.15, -0.1) is 0 Å². The molecule has 0 saturated heterocycles. The van der Waals surface area contributed by atoms with Gasteiger partial charge in [-0.2, -0.15) is 0 Å². The topological polar surface area (TPSA) is 18.5 Å². The number of thiol groups is 1. The van der Waals surface area contributed by atoms with Crippen molar-refractivity contribution in [2.75, 3.05) is 13.2 Å². The normalized spacial score (nSPS) is 12.0. The predicted octanol–water partition coefficient (Wildman–Crippen LogP) is 14.7. The lowest BCUT2D eigenvalue weighted by molar-refractivity contribution is 0.250. The third kappa shape index (κ3) is 37.0. The van der Waals surface area contributed by atoms with Crippen LogP contribution in [0.3, 0.4) is 0 Å². The Labute approximate surface area is 270 Å². The highest BCUT2D eigenvalue weighted by Gasteiger charge is 2.12. The summed E-state index contributed by atoms with van der Waals surface area (Å²) in [6.07, 6.45) is 44.3. The van der Waals surface area contributed by atoms with Gasteiger partial charge in [-0.25, -0.2) is 0 Å². The van der Waals surface area contributed by atoms with Crippen molar-refractivity contribution in [3.63, 3.8) is 0 Å². The maximum Gasteiger partial charge on any atom is 0.244 e. The quantitative estimate of drug-likeness (QED) is 0.0420. The third-order valence-corrected chi connectivity index (χ3v) is 10.8. The fourth-order valence-corrected chi connectivity index (χ4v) is 7.43. The lowest BCUT2D eigenvalue weighted by Crippen LogP contribution is -1.96. The first-order valence-electron chi connectivity index (χ1n) is 18.7. The zero-order valence-corrected chi connectivity index (χ0v) is 30.8. The summed E-state index contributed by atoms with van der Waals surface area (Å²) in [6.45, 7) is 6.00. The molecule has 0 aliphatic rings. The summed E-state index contributed by atoms with van der Waals surface area (Å²) in [7, 11) is 0. The first-order chi connectivity index (χ1) is 20.1. The van der Waals surface area contributed by atoms with Crippen LogP contribution in [0.15, 0.2) is 0 Å². The van der Waals surface area contributed by atoms with Gasteiger partial charge in [0.1, 0.15) is 0 Å². The Morgan fingerprint density at radius 3 is 0.707 bits per heavy atom. The van der Waals surface area contributed by atoms with Gasteiger partial charge in [0.15, 0.2) is 0 Å². The molecule has 0 aliphatic carbocycles. The minimum absolute atomic E-state index is 0.707. The molecule has 2 nitrogen and oxygen atoms in total. The summed E-state index contributed by atoms with van der Waals surface area (Å²) in [4.78, 5) is 0. The number of rotatable bonds is 36. The van der Waals surface area contributed by atoms with E-state index in [4.69, 9.17) is 20.9 Å². The number of unbranched alkanes of at least 4 members (excludes halogenated alkanes) is 30. The second-order valence-electron chi connectivity index (χ2n) is 12.7. The van der Waals surface area contributed by atoms with E-state index in [1.165, 1.54) is 193 Å². The molecule has 0 atom stereocenters. The molecule has 0 N–H and O–H groups in total. The Bertz CT molecular complexity index is 490. The van der Waals surface area contributed by atoms with E-state index in [1.807, 2.05) is 0 Å². The maximum absolute atomic E-state index is 5.85. The van der Waals surface area contributed by atoms with Crippen molar-refractivity contribution < 1.29 is 9.05 Å². The molecule has 0 unspecified atom stereocenters. The molecule has 0 spiro atoms. The van der Waals surface area contributed by atoms with E-state index in [0.29, 0.717) is 13.2 Å². The summed E-state index contributed by atoms with van der Waals surface area (Å²) >= 11 is 10.0. The molecule has 0 fully saturated rings. The van der Waals surface area contributed by atoms with Crippen molar-refractivity contribution in [1.82, 2.24) is 0 Å². The molecule has 0 bridgehead atoms. The Morgan fingerprint density at radius 2 is 0.512 bits per heavy atom. The van der Waals surface area contributed by atoms with Crippen LogP contribution < -0.4 is 0 Å². The van der Waals surface area contributed by atoms with Crippen LogP contribution in [0.25, 0.3) is 0 Å². The summed E-state index contributed by atoms with van der Waals surface area (Å²) < 4.78 is 11.7. The highest BCUT2D eigenvalue weighted by Crippen LogP contribution is 2.53. The molecule has 0 radical (unpaired) electrons. The SMILES string of the molecule is CCCCCCCCCCCCCCCCCCOP(=S)(S)OCCCCCCCCCCCCCCCCCC. The molecule has 0 aliphatic heterocycles. The highest BCUT2D eigenvalue weighted by atomic mass is 32.9. The van der Waals surface area contributed by atoms with Crippen molar-refractivity contribution in [1.29, 1.82) is 0 Å². The Kier molecular flexibility index (Phi) is 36.2. The van der Waals surface area contributed by atoms with Gasteiger partial charge in [0, 0.05) is 0 Å². The second kappa shape index (κ2) is 35.4. The van der Waals surface area contributed by atoms with E-state index < -0.39 is 5.69 Å². The van der Waals surface area contributed by atoms with Gasteiger partial charge in [0.25, 0.3) is 0 Å². The molecule has 0 saturated carbocycles. The molecule has 5 heteroatoms. The fraction of sp³-hybridized carbons (Fsp3) is 1.00. The van der Waals surface area contributed by atoms with Crippen LogP contribution in [-0.2, 0) is 20.9 Å². The van der Waals surface area contributed by atoms with Crippen LogP contribution in [0.1, 0.15) is 219 Å². The van der Waals surface area contributed by atoms with E-state index >= 15 is 0 Å². The summed E-state index contributed by atoms with van der Waals surface area (Å²) in [5.74, 6) is 0. The zero-order valence-electron chi connectivity index (χ0n) is 28.2. The van der Waals surface area contributed by atoms with Gasteiger partial charge in [0.2, 0.25) is 5.69 Å². The maximum atomic E-state index is 5.85. The smallest absolute Gasteiger partial charge is 0.244 e. The van der Waals surface area contributed by atoms with Crippen molar-refractivity contribution in [2.45, 2.75) is 219 Å². The first kappa shape index (κ1) is 41.9. The van der Waals surface area contributed by atoms with E-state index in [1.54, 1.807) is 0 Å². The highest BCUT2D eigenvalue weighted by molar-refractivity contribution is 8.60. The number of hydrogen-bond acceptors (Lipinski definition) is 3. The van der Waals surface area contributed by atoms with Gasteiger partial charge in [-0.1, -0.05) is 219 Å². The van der Waals surface area contributed by atoms with Crippen molar-refractivity contribution >= 4 is 29.7 Å². The lowest BCUT2D eigenvalue weighted by Gasteiger charge is -2.16. The van der Waals surface area contributed by atoms with E-state index in [-0.39, 0.29) is 0 Å². The minimum atomic E-state index is -2.34. The molecule has 0 rings (SSSR count). The van der Waals surface area contributed by atoms with Gasteiger partial charge in [0.05, 0.1) is 13.2 Å². The molecular formula is C36H75O2PS2. The first-order valence-corrected chi connectivity index (χ1v) is 22.5. The molecule has 0 aromatic carbocycles. The molecule has 41 heavy (non-hydrogen) atoms. The molecule has 0 amide bonds. The second-order valence-corrected chi connectivity index (χ2v) is 18.0. The van der Waals surface area contributed by atoms with Crippen LogP contribution in [0, 0.1) is 0 Å². The minimum Gasteiger partial charge on any atom is -0.322 e. The Balaban J connectivity index is 3.26. The van der Waals surface area contributed by atoms with E-state index in [9.17, 15) is 0 Å². The summed E-state index contributed by atoms with van der Waals surface area (Å²) in [6, 6.07) is 0. The van der Waals surface area contributed by atoms with Gasteiger partial charge >= 0.3 is 0 Å². The monoisotopic (exact) mass is 634 g/mol. The lowest BCUT2D eigenvalue weighted by atomic mass is 10.0. The van der Waals surface area contributed by atoms with Crippen LogP contribution in [0.4, 0.5) is 0 Å². The van der Waals surface area contributed by atoms with Crippen LogP contribution in [0.5, 0.6) is 0 Å². The number of hydrogen-bond donors (Lipinski definition) is 1. The molecule has 0 aromatic rings.